The zero-order valence-corrected chi connectivity index (χ0v) is 16.3. The normalized spacial score (nSPS) is 12.9. The van der Waals surface area contributed by atoms with Gasteiger partial charge in [-0.3, -0.25) is 24.1 Å². The molecule has 0 bridgehead atoms. The summed E-state index contributed by atoms with van der Waals surface area (Å²) >= 11 is 0. The molecule has 0 saturated carbocycles. The molecular weight excluding hydrogens is 358 g/mol. The molecule has 0 saturated heterocycles. The number of carbonyl (C=O) groups is 4. The Morgan fingerprint density at radius 2 is 1.46 bits per heavy atom. The van der Waals surface area contributed by atoms with Crippen LogP contribution in [0.15, 0.2) is 30.3 Å². The third kappa shape index (κ3) is 3.33. The van der Waals surface area contributed by atoms with Crippen LogP contribution >= 0.6 is 0 Å². The van der Waals surface area contributed by atoms with E-state index in [1.54, 1.807) is 18.2 Å². The van der Waals surface area contributed by atoms with E-state index in [4.69, 9.17) is 4.74 Å². The number of imide groups is 1. The second kappa shape index (κ2) is 7.38. The SMILES string of the molecule is Cc1cc(C(=O)COC(=O)CN2C(=O)c3ccccc3C2=O)c(C)c(C)c1C. The standard InChI is InChI=1S/C22H21NO5/c1-12-9-18(15(4)14(3)13(12)2)19(24)11-28-20(25)10-23-21(26)16-7-5-6-8-17(16)22(23)27/h5-9H,10-11H2,1-4H3. The minimum atomic E-state index is -0.805. The number of benzene rings is 2. The summed E-state index contributed by atoms with van der Waals surface area (Å²) in [6.45, 7) is 6.76. The second-order valence-corrected chi connectivity index (χ2v) is 6.94. The summed E-state index contributed by atoms with van der Waals surface area (Å²) in [4.78, 5) is 50.0. The summed E-state index contributed by atoms with van der Waals surface area (Å²) in [5, 5.41) is 0. The van der Waals surface area contributed by atoms with E-state index in [1.165, 1.54) is 12.1 Å². The van der Waals surface area contributed by atoms with Gasteiger partial charge in [0.15, 0.2) is 6.61 Å². The first-order valence-electron chi connectivity index (χ1n) is 8.93. The van der Waals surface area contributed by atoms with Crippen molar-refractivity contribution in [3.8, 4) is 0 Å². The van der Waals surface area contributed by atoms with Crippen LogP contribution in [0.3, 0.4) is 0 Å². The van der Waals surface area contributed by atoms with Gasteiger partial charge < -0.3 is 4.74 Å². The maximum atomic E-state index is 12.5. The number of Topliss-reactive ketones (excluding diaryl/α,β-unsaturated/α-hetero) is 1. The monoisotopic (exact) mass is 379 g/mol. The van der Waals surface area contributed by atoms with Gasteiger partial charge in [-0.25, -0.2) is 0 Å². The highest BCUT2D eigenvalue weighted by atomic mass is 16.5. The van der Waals surface area contributed by atoms with Gasteiger partial charge in [0.25, 0.3) is 11.8 Å². The Bertz CT molecular complexity index is 987. The number of hydrogen-bond acceptors (Lipinski definition) is 5. The first kappa shape index (κ1) is 19.5. The summed E-state index contributed by atoms with van der Waals surface area (Å²) in [5.74, 6) is -2.20. The van der Waals surface area contributed by atoms with Gasteiger partial charge in [0.2, 0.25) is 5.78 Å². The van der Waals surface area contributed by atoms with Gasteiger partial charge in [-0.05, 0) is 68.1 Å². The fourth-order valence-corrected chi connectivity index (χ4v) is 3.28. The third-order valence-electron chi connectivity index (χ3n) is 5.31. The van der Waals surface area contributed by atoms with Crippen LogP contribution in [0, 0.1) is 27.7 Å². The molecule has 144 valence electrons. The highest BCUT2D eigenvalue weighted by Gasteiger charge is 2.36. The highest BCUT2D eigenvalue weighted by Crippen LogP contribution is 2.23. The molecule has 0 spiro atoms. The number of rotatable bonds is 5. The Kier molecular flexibility index (Phi) is 5.14. The molecule has 2 amide bonds. The molecule has 1 aliphatic rings. The lowest BCUT2D eigenvalue weighted by atomic mass is 9.93. The van der Waals surface area contributed by atoms with Crippen LogP contribution in [0.4, 0.5) is 0 Å². The van der Waals surface area contributed by atoms with E-state index >= 15 is 0 Å². The van der Waals surface area contributed by atoms with Crippen LogP contribution in [-0.4, -0.2) is 41.6 Å². The maximum absolute atomic E-state index is 12.5. The molecule has 0 aromatic heterocycles. The summed E-state index contributed by atoms with van der Waals surface area (Å²) < 4.78 is 5.05. The minimum Gasteiger partial charge on any atom is -0.456 e. The molecule has 3 rings (SSSR count). The molecule has 0 aliphatic carbocycles. The summed E-state index contributed by atoms with van der Waals surface area (Å²) in [6.07, 6.45) is 0. The van der Waals surface area contributed by atoms with Crippen LogP contribution in [0.1, 0.15) is 53.3 Å². The Hall–Kier alpha value is -3.28. The molecular formula is C22H21NO5. The van der Waals surface area contributed by atoms with E-state index in [0.29, 0.717) is 5.56 Å². The fraction of sp³-hybridized carbons (Fsp3) is 0.273. The zero-order valence-electron chi connectivity index (χ0n) is 16.3. The molecule has 0 N–H and O–H groups in total. The van der Waals surface area contributed by atoms with Gasteiger partial charge in [0, 0.05) is 5.56 Å². The molecule has 6 nitrogen and oxygen atoms in total. The van der Waals surface area contributed by atoms with Crippen molar-refractivity contribution in [1.29, 1.82) is 0 Å². The van der Waals surface area contributed by atoms with Crippen LogP contribution in [0.5, 0.6) is 0 Å². The Morgan fingerprint density at radius 3 is 2.04 bits per heavy atom. The van der Waals surface area contributed by atoms with Gasteiger partial charge in [0.1, 0.15) is 6.54 Å². The third-order valence-corrected chi connectivity index (χ3v) is 5.31. The largest absolute Gasteiger partial charge is 0.456 e. The van der Waals surface area contributed by atoms with Crippen LogP contribution in [-0.2, 0) is 9.53 Å². The molecule has 1 heterocycles. The highest BCUT2D eigenvalue weighted by molar-refractivity contribution is 6.22. The number of hydrogen-bond donors (Lipinski definition) is 0. The van der Waals surface area contributed by atoms with E-state index in [2.05, 4.69) is 0 Å². The molecule has 28 heavy (non-hydrogen) atoms. The van der Waals surface area contributed by atoms with Gasteiger partial charge in [0.05, 0.1) is 11.1 Å². The van der Waals surface area contributed by atoms with E-state index in [0.717, 1.165) is 27.2 Å². The van der Waals surface area contributed by atoms with Gasteiger partial charge in [-0.1, -0.05) is 12.1 Å². The van der Waals surface area contributed by atoms with E-state index < -0.39 is 30.9 Å². The lowest BCUT2D eigenvalue weighted by Gasteiger charge is -2.15. The molecule has 2 aromatic rings. The number of carbonyl (C=O) groups excluding carboxylic acids is 4. The van der Waals surface area contributed by atoms with E-state index in [1.807, 2.05) is 27.7 Å². The average Bonchev–Trinajstić information content (AvgIpc) is 2.92. The molecule has 0 atom stereocenters. The predicted molar refractivity (Wildman–Crippen MR) is 102 cm³/mol. The molecule has 0 unspecified atom stereocenters. The molecule has 6 heteroatoms. The number of ketones is 1. The predicted octanol–water partition coefficient (Wildman–Crippen LogP) is 2.94. The smallest absolute Gasteiger partial charge is 0.326 e. The average molecular weight is 379 g/mol. The van der Waals surface area contributed by atoms with Crippen molar-refractivity contribution in [2.45, 2.75) is 27.7 Å². The lowest BCUT2D eigenvalue weighted by Crippen LogP contribution is -2.36. The first-order chi connectivity index (χ1) is 13.2. The summed E-state index contributed by atoms with van der Waals surface area (Å²) in [5.41, 5.74) is 5.02. The summed E-state index contributed by atoms with van der Waals surface area (Å²) in [6, 6.07) is 8.17. The number of nitrogens with zero attached hydrogens (tertiary/aromatic N) is 1. The van der Waals surface area contributed by atoms with Crippen molar-refractivity contribution < 1.29 is 23.9 Å². The van der Waals surface area contributed by atoms with Crippen molar-refractivity contribution >= 4 is 23.6 Å². The zero-order chi connectivity index (χ0) is 20.6. The Balaban J connectivity index is 1.65. The second-order valence-electron chi connectivity index (χ2n) is 6.94. The maximum Gasteiger partial charge on any atom is 0.326 e. The van der Waals surface area contributed by atoms with Gasteiger partial charge in [-0.15, -0.1) is 0 Å². The Morgan fingerprint density at radius 1 is 0.893 bits per heavy atom. The Labute approximate surface area is 163 Å². The fourth-order valence-electron chi connectivity index (χ4n) is 3.28. The van der Waals surface area contributed by atoms with Crippen LogP contribution in [0.25, 0.3) is 0 Å². The van der Waals surface area contributed by atoms with E-state index in [-0.39, 0.29) is 16.9 Å². The summed E-state index contributed by atoms with van der Waals surface area (Å²) in [7, 11) is 0. The molecule has 0 radical (unpaired) electrons. The number of esters is 1. The number of aryl methyl sites for hydroxylation is 1. The number of ether oxygens (including phenoxy) is 1. The van der Waals surface area contributed by atoms with Crippen molar-refractivity contribution in [2.24, 2.45) is 0 Å². The molecule has 1 aliphatic heterocycles. The van der Waals surface area contributed by atoms with E-state index in [9.17, 15) is 19.2 Å². The molecule has 0 fully saturated rings. The van der Waals surface area contributed by atoms with Gasteiger partial charge >= 0.3 is 5.97 Å². The number of fused-ring (bicyclic) bond motifs is 1. The molecule has 2 aromatic carbocycles. The van der Waals surface area contributed by atoms with Crippen molar-refractivity contribution in [2.75, 3.05) is 13.2 Å². The quantitative estimate of drug-likeness (QED) is 0.453. The van der Waals surface area contributed by atoms with Crippen molar-refractivity contribution in [1.82, 2.24) is 4.90 Å². The van der Waals surface area contributed by atoms with Crippen LogP contribution in [0.2, 0.25) is 0 Å². The topological polar surface area (TPSA) is 80.8 Å². The van der Waals surface area contributed by atoms with Crippen molar-refractivity contribution in [3.63, 3.8) is 0 Å². The van der Waals surface area contributed by atoms with Crippen molar-refractivity contribution in [3.05, 3.63) is 69.3 Å². The van der Waals surface area contributed by atoms with Crippen LogP contribution < -0.4 is 0 Å². The first-order valence-corrected chi connectivity index (χ1v) is 8.93. The lowest BCUT2D eigenvalue weighted by molar-refractivity contribution is -0.142. The minimum absolute atomic E-state index is 0.262. The number of amides is 2. The van der Waals surface area contributed by atoms with Gasteiger partial charge in [-0.2, -0.15) is 0 Å².